The van der Waals surface area contributed by atoms with Crippen LogP contribution in [0.2, 0.25) is 0 Å². The van der Waals surface area contributed by atoms with Crippen LogP contribution < -0.4 is 10.6 Å². The number of rotatable bonds is 2. The Kier molecular flexibility index (Phi) is 5.11. The Balaban J connectivity index is 1.76. The van der Waals surface area contributed by atoms with Gasteiger partial charge in [-0.3, -0.25) is 4.79 Å². The predicted octanol–water partition coefficient (Wildman–Crippen LogP) is 3.76. The molecule has 3 rings (SSSR count). The van der Waals surface area contributed by atoms with Gasteiger partial charge in [0.15, 0.2) is 0 Å². The highest BCUT2D eigenvalue weighted by molar-refractivity contribution is 5.91. The molecule has 2 aliphatic heterocycles. The third kappa shape index (κ3) is 3.94. The van der Waals surface area contributed by atoms with Crippen LogP contribution >= 0.6 is 0 Å². The minimum absolute atomic E-state index is 0.00862. The molecule has 1 aromatic carbocycles. The maximum absolute atomic E-state index is 13.1. The van der Waals surface area contributed by atoms with E-state index in [1.165, 1.54) is 25.1 Å². The molecule has 142 valence electrons. The SMILES string of the molecule is CC(=O)NC1C[C@H]2CCC[C@@H](C1)N2C(=O)Nc1ccccc1C(F)(F)F. The Bertz CT molecular complexity index is 679. The number of para-hydroxylation sites is 1. The maximum atomic E-state index is 13.1. The van der Waals surface area contributed by atoms with Crippen LogP contribution in [0.1, 0.15) is 44.6 Å². The fourth-order valence-electron chi connectivity index (χ4n) is 4.14. The van der Waals surface area contributed by atoms with E-state index in [0.29, 0.717) is 12.8 Å². The molecule has 0 aromatic heterocycles. The Morgan fingerprint density at radius 2 is 1.73 bits per heavy atom. The molecule has 0 spiro atoms. The lowest BCUT2D eigenvalue weighted by Gasteiger charge is -2.48. The largest absolute Gasteiger partial charge is 0.418 e. The second kappa shape index (κ2) is 7.17. The van der Waals surface area contributed by atoms with Gasteiger partial charge in [-0.25, -0.2) is 4.79 Å². The molecule has 2 saturated heterocycles. The molecule has 2 fully saturated rings. The summed E-state index contributed by atoms with van der Waals surface area (Å²) >= 11 is 0. The standard InChI is InChI=1S/C18H22F3N3O2/c1-11(25)22-12-9-13-5-4-6-14(10-12)24(13)17(26)23-16-8-3-2-7-15(16)18(19,20)21/h2-3,7-8,12-14H,4-6,9-10H2,1H3,(H,22,25)(H,23,26)/t12?,13-,14+. The van der Waals surface area contributed by atoms with E-state index in [9.17, 15) is 22.8 Å². The van der Waals surface area contributed by atoms with Gasteiger partial charge in [-0.05, 0) is 44.2 Å². The topological polar surface area (TPSA) is 61.4 Å². The number of urea groups is 1. The molecule has 0 saturated carbocycles. The van der Waals surface area contributed by atoms with Crippen LogP contribution in [0.25, 0.3) is 0 Å². The molecule has 2 aliphatic rings. The second-order valence-corrected chi connectivity index (χ2v) is 6.99. The molecule has 26 heavy (non-hydrogen) atoms. The average Bonchev–Trinajstić information content (AvgIpc) is 2.52. The number of hydrogen-bond acceptors (Lipinski definition) is 2. The normalized spacial score (nSPS) is 25.5. The molecule has 0 aliphatic carbocycles. The van der Waals surface area contributed by atoms with E-state index >= 15 is 0 Å². The number of alkyl halides is 3. The van der Waals surface area contributed by atoms with E-state index in [1.807, 2.05) is 0 Å². The molecule has 2 bridgehead atoms. The van der Waals surface area contributed by atoms with Gasteiger partial charge in [0.1, 0.15) is 0 Å². The number of amides is 3. The number of carbonyl (C=O) groups excluding carboxylic acids is 2. The number of piperidine rings is 2. The van der Waals surface area contributed by atoms with E-state index in [1.54, 1.807) is 4.90 Å². The molecule has 5 nitrogen and oxygen atoms in total. The first-order chi connectivity index (χ1) is 12.3. The van der Waals surface area contributed by atoms with Crippen LogP contribution in [0.3, 0.4) is 0 Å². The van der Waals surface area contributed by atoms with Gasteiger partial charge < -0.3 is 15.5 Å². The van der Waals surface area contributed by atoms with Crippen LogP contribution in [0, 0.1) is 0 Å². The van der Waals surface area contributed by atoms with Crippen molar-refractivity contribution in [2.24, 2.45) is 0 Å². The first kappa shape index (κ1) is 18.5. The molecule has 2 heterocycles. The molecule has 0 radical (unpaired) electrons. The number of benzene rings is 1. The molecular formula is C18H22F3N3O2. The number of nitrogens with zero attached hydrogens (tertiary/aromatic N) is 1. The number of nitrogens with one attached hydrogen (secondary N) is 2. The fraction of sp³-hybridized carbons (Fsp3) is 0.556. The summed E-state index contributed by atoms with van der Waals surface area (Å²) in [5.74, 6) is -0.106. The quantitative estimate of drug-likeness (QED) is 0.834. The number of fused-ring (bicyclic) bond motifs is 2. The second-order valence-electron chi connectivity index (χ2n) is 6.99. The number of halogens is 3. The molecule has 3 atom stereocenters. The summed E-state index contributed by atoms with van der Waals surface area (Å²) in [5, 5.41) is 5.35. The van der Waals surface area contributed by atoms with Crippen molar-refractivity contribution in [2.75, 3.05) is 5.32 Å². The number of hydrogen-bond donors (Lipinski definition) is 2. The minimum atomic E-state index is -4.53. The van der Waals surface area contributed by atoms with Gasteiger partial charge in [0.25, 0.3) is 0 Å². The first-order valence-electron chi connectivity index (χ1n) is 8.78. The van der Waals surface area contributed by atoms with Crippen molar-refractivity contribution in [2.45, 2.75) is 63.3 Å². The summed E-state index contributed by atoms with van der Waals surface area (Å²) in [6, 6.07) is 4.35. The van der Waals surface area contributed by atoms with Crippen LogP contribution in [0.5, 0.6) is 0 Å². The van der Waals surface area contributed by atoms with E-state index in [-0.39, 0.29) is 29.7 Å². The van der Waals surface area contributed by atoms with Crippen LogP contribution in [-0.2, 0) is 11.0 Å². The van der Waals surface area contributed by atoms with Crippen molar-refractivity contribution in [3.8, 4) is 0 Å². The monoisotopic (exact) mass is 369 g/mol. The zero-order valence-electron chi connectivity index (χ0n) is 14.5. The highest BCUT2D eigenvalue weighted by Gasteiger charge is 2.42. The number of carbonyl (C=O) groups is 2. The summed E-state index contributed by atoms with van der Waals surface area (Å²) in [6.07, 6.45) is -0.708. The Morgan fingerprint density at radius 3 is 2.31 bits per heavy atom. The molecule has 8 heteroatoms. The molecular weight excluding hydrogens is 347 g/mol. The van der Waals surface area contributed by atoms with Crippen molar-refractivity contribution in [1.29, 1.82) is 0 Å². The highest BCUT2D eigenvalue weighted by Crippen LogP contribution is 2.37. The zero-order chi connectivity index (χ0) is 18.9. The summed E-state index contributed by atoms with van der Waals surface area (Å²) in [4.78, 5) is 25.7. The minimum Gasteiger partial charge on any atom is -0.353 e. The summed E-state index contributed by atoms with van der Waals surface area (Å²) < 4.78 is 39.4. The van der Waals surface area contributed by atoms with Gasteiger partial charge in [-0.1, -0.05) is 12.1 Å². The predicted molar refractivity (Wildman–Crippen MR) is 90.6 cm³/mol. The number of anilines is 1. The van der Waals surface area contributed by atoms with Crippen molar-refractivity contribution in [3.63, 3.8) is 0 Å². The molecule has 2 N–H and O–H groups in total. The summed E-state index contributed by atoms with van der Waals surface area (Å²) in [7, 11) is 0. The van der Waals surface area contributed by atoms with Crippen molar-refractivity contribution in [3.05, 3.63) is 29.8 Å². The summed E-state index contributed by atoms with van der Waals surface area (Å²) in [5.41, 5.74) is -1.08. The zero-order valence-corrected chi connectivity index (χ0v) is 14.5. The fourth-order valence-corrected chi connectivity index (χ4v) is 4.14. The van der Waals surface area contributed by atoms with Gasteiger partial charge in [0.2, 0.25) is 5.91 Å². The van der Waals surface area contributed by atoms with Gasteiger partial charge in [-0.15, -0.1) is 0 Å². The Labute approximate surface area is 149 Å². The van der Waals surface area contributed by atoms with Crippen LogP contribution in [-0.4, -0.2) is 35.0 Å². The van der Waals surface area contributed by atoms with Crippen molar-refractivity contribution in [1.82, 2.24) is 10.2 Å². The van der Waals surface area contributed by atoms with Crippen molar-refractivity contribution < 1.29 is 22.8 Å². The molecule has 1 unspecified atom stereocenters. The summed E-state index contributed by atoms with van der Waals surface area (Å²) in [6.45, 7) is 1.46. The lowest BCUT2D eigenvalue weighted by atomic mass is 9.82. The van der Waals surface area contributed by atoms with Gasteiger partial charge in [-0.2, -0.15) is 13.2 Å². The highest BCUT2D eigenvalue weighted by atomic mass is 19.4. The first-order valence-corrected chi connectivity index (χ1v) is 8.78. The lowest BCUT2D eigenvalue weighted by molar-refractivity contribution is -0.137. The lowest BCUT2D eigenvalue weighted by Crippen LogP contribution is -2.59. The maximum Gasteiger partial charge on any atom is 0.418 e. The molecule has 1 aromatic rings. The average molecular weight is 369 g/mol. The van der Waals surface area contributed by atoms with E-state index < -0.39 is 17.8 Å². The molecule has 3 amide bonds. The van der Waals surface area contributed by atoms with Crippen LogP contribution in [0.15, 0.2) is 24.3 Å². The smallest absolute Gasteiger partial charge is 0.353 e. The van der Waals surface area contributed by atoms with Crippen LogP contribution in [0.4, 0.5) is 23.7 Å². The van der Waals surface area contributed by atoms with Gasteiger partial charge in [0.05, 0.1) is 11.3 Å². The van der Waals surface area contributed by atoms with Gasteiger partial charge >= 0.3 is 12.2 Å². The van der Waals surface area contributed by atoms with E-state index in [0.717, 1.165) is 25.3 Å². The van der Waals surface area contributed by atoms with Crippen molar-refractivity contribution >= 4 is 17.6 Å². The van der Waals surface area contributed by atoms with E-state index in [2.05, 4.69) is 10.6 Å². The third-order valence-electron chi connectivity index (χ3n) is 5.09. The van der Waals surface area contributed by atoms with Gasteiger partial charge in [0, 0.05) is 25.0 Å². The Morgan fingerprint density at radius 1 is 1.12 bits per heavy atom. The Hall–Kier alpha value is -2.25. The van der Waals surface area contributed by atoms with E-state index in [4.69, 9.17) is 0 Å². The third-order valence-corrected chi connectivity index (χ3v) is 5.09.